The monoisotopic (exact) mass is 285 g/mol. The van der Waals surface area contributed by atoms with Crippen LogP contribution in [0.3, 0.4) is 0 Å². The number of imide groups is 1. The molecule has 7 heteroatoms. The molecule has 1 aliphatic rings. The normalized spacial score (nSPS) is 17.6. The van der Waals surface area contributed by atoms with Gasteiger partial charge in [0.2, 0.25) is 5.91 Å². The first kappa shape index (κ1) is 16.4. The van der Waals surface area contributed by atoms with Crippen LogP contribution in [0, 0.1) is 5.41 Å². The number of hydrogen-bond acceptors (Lipinski definition) is 4. The van der Waals surface area contributed by atoms with Crippen molar-refractivity contribution >= 4 is 17.8 Å². The Balaban J connectivity index is 2.63. The number of rotatable bonds is 5. The maximum atomic E-state index is 12.0. The van der Waals surface area contributed by atoms with Gasteiger partial charge < -0.3 is 15.3 Å². The molecule has 0 bridgehead atoms. The molecule has 1 saturated heterocycles. The van der Waals surface area contributed by atoms with Crippen LogP contribution in [0.2, 0.25) is 0 Å². The van der Waals surface area contributed by atoms with Gasteiger partial charge in [0, 0.05) is 19.7 Å². The van der Waals surface area contributed by atoms with Gasteiger partial charge in [-0.1, -0.05) is 20.8 Å². The van der Waals surface area contributed by atoms with E-state index in [0.29, 0.717) is 6.42 Å². The van der Waals surface area contributed by atoms with Gasteiger partial charge in [0.15, 0.2) is 0 Å². The number of urea groups is 1. The number of carbonyl (C=O) groups is 3. The van der Waals surface area contributed by atoms with Crippen LogP contribution in [0.25, 0.3) is 0 Å². The van der Waals surface area contributed by atoms with Crippen LogP contribution in [0.1, 0.15) is 27.2 Å². The lowest BCUT2D eigenvalue weighted by molar-refractivity contribution is -0.131. The third-order valence-electron chi connectivity index (χ3n) is 3.33. The van der Waals surface area contributed by atoms with Crippen molar-refractivity contribution in [3.05, 3.63) is 0 Å². The molecule has 0 aromatic carbocycles. The van der Waals surface area contributed by atoms with Gasteiger partial charge in [0.25, 0.3) is 5.91 Å². The molecule has 2 N–H and O–H groups in total. The van der Waals surface area contributed by atoms with Gasteiger partial charge in [-0.25, -0.2) is 4.79 Å². The minimum atomic E-state index is -0.459. The third-order valence-corrected chi connectivity index (χ3v) is 3.33. The van der Waals surface area contributed by atoms with Crippen molar-refractivity contribution in [2.24, 2.45) is 5.41 Å². The molecule has 0 radical (unpaired) electrons. The molecule has 4 amide bonds. The zero-order valence-corrected chi connectivity index (χ0v) is 12.5. The van der Waals surface area contributed by atoms with E-state index in [-0.39, 0.29) is 37.1 Å². The summed E-state index contributed by atoms with van der Waals surface area (Å²) in [6.07, 6.45) is 0.428. The summed E-state index contributed by atoms with van der Waals surface area (Å²) in [5.41, 5.74) is -0.214. The second kappa shape index (κ2) is 6.21. The van der Waals surface area contributed by atoms with Crippen LogP contribution >= 0.6 is 0 Å². The lowest BCUT2D eigenvalue weighted by atomic mass is 9.85. The standard InChI is InChI=1S/C13H23N3O4/c1-13(2,3)9(5-6-17)14-10(18)7-16-11(19)8-15(4)12(16)20/h9,17H,5-8H2,1-4H3,(H,14,18). The van der Waals surface area contributed by atoms with E-state index in [9.17, 15) is 14.4 Å². The Labute approximate surface area is 118 Å². The van der Waals surface area contributed by atoms with E-state index in [0.717, 1.165) is 4.90 Å². The zero-order valence-electron chi connectivity index (χ0n) is 12.5. The van der Waals surface area contributed by atoms with Crippen LogP contribution < -0.4 is 5.32 Å². The molecule has 0 aliphatic carbocycles. The van der Waals surface area contributed by atoms with Gasteiger partial charge in [-0.3, -0.25) is 14.5 Å². The minimum absolute atomic E-state index is 0.00541. The molecule has 1 atom stereocenters. The van der Waals surface area contributed by atoms with Gasteiger partial charge in [0.1, 0.15) is 13.1 Å². The van der Waals surface area contributed by atoms with Crippen molar-refractivity contribution in [3.63, 3.8) is 0 Å². The van der Waals surface area contributed by atoms with Crippen LogP contribution in [0.4, 0.5) is 4.79 Å². The van der Waals surface area contributed by atoms with Gasteiger partial charge in [0.05, 0.1) is 0 Å². The van der Waals surface area contributed by atoms with Gasteiger partial charge in [-0.2, -0.15) is 0 Å². The Morgan fingerprint density at radius 2 is 2.00 bits per heavy atom. The average molecular weight is 285 g/mol. The molecule has 114 valence electrons. The Kier molecular flexibility index (Phi) is 5.10. The van der Waals surface area contributed by atoms with Crippen LogP contribution in [-0.4, -0.2) is 65.5 Å². The van der Waals surface area contributed by atoms with E-state index in [1.807, 2.05) is 20.8 Å². The number of hydrogen-bond donors (Lipinski definition) is 2. The fraction of sp³-hybridized carbons (Fsp3) is 0.769. The Morgan fingerprint density at radius 3 is 2.40 bits per heavy atom. The summed E-state index contributed by atoms with van der Waals surface area (Å²) < 4.78 is 0. The predicted molar refractivity (Wildman–Crippen MR) is 72.8 cm³/mol. The molecule has 1 unspecified atom stereocenters. The van der Waals surface area contributed by atoms with Gasteiger partial charge >= 0.3 is 6.03 Å². The highest BCUT2D eigenvalue weighted by Crippen LogP contribution is 2.21. The van der Waals surface area contributed by atoms with Crippen molar-refractivity contribution in [3.8, 4) is 0 Å². The Hall–Kier alpha value is -1.63. The number of nitrogens with zero attached hydrogens (tertiary/aromatic N) is 2. The van der Waals surface area contributed by atoms with Crippen molar-refractivity contribution in [1.82, 2.24) is 15.1 Å². The number of likely N-dealkylation sites (N-methyl/N-ethyl adjacent to an activating group) is 1. The fourth-order valence-corrected chi connectivity index (χ4v) is 2.06. The highest BCUT2D eigenvalue weighted by molar-refractivity contribution is 6.04. The summed E-state index contributed by atoms with van der Waals surface area (Å²) in [5, 5.41) is 11.8. The highest BCUT2D eigenvalue weighted by atomic mass is 16.3. The Bertz CT molecular complexity index is 403. The molecule has 0 saturated carbocycles. The molecule has 1 rings (SSSR count). The maximum Gasteiger partial charge on any atom is 0.327 e. The van der Waals surface area contributed by atoms with E-state index in [2.05, 4.69) is 5.32 Å². The van der Waals surface area contributed by atoms with Gasteiger partial charge in [-0.05, 0) is 11.8 Å². The number of aliphatic hydroxyl groups is 1. The second-order valence-corrected chi connectivity index (χ2v) is 6.12. The number of nitrogens with one attached hydrogen (secondary N) is 1. The van der Waals surface area contributed by atoms with Gasteiger partial charge in [-0.15, -0.1) is 0 Å². The molecule has 0 aromatic heterocycles. The molecule has 0 aromatic rings. The molecular weight excluding hydrogens is 262 g/mol. The van der Waals surface area contributed by atoms with Crippen LogP contribution in [0.15, 0.2) is 0 Å². The lowest BCUT2D eigenvalue weighted by Gasteiger charge is -2.31. The maximum absolute atomic E-state index is 12.0. The largest absolute Gasteiger partial charge is 0.396 e. The van der Waals surface area contributed by atoms with E-state index in [1.165, 1.54) is 11.9 Å². The summed E-state index contributed by atoms with van der Waals surface area (Å²) in [5.74, 6) is -0.766. The molecule has 20 heavy (non-hydrogen) atoms. The predicted octanol–water partition coefficient (Wildman–Crippen LogP) is -0.206. The summed E-state index contributed by atoms with van der Waals surface area (Å²) in [4.78, 5) is 37.4. The molecule has 0 spiro atoms. The fourth-order valence-electron chi connectivity index (χ4n) is 2.06. The molecule has 1 fully saturated rings. The lowest BCUT2D eigenvalue weighted by Crippen LogP contribution is -2.49. The highest BCUT2D eigenvalue weighted by Gasteiger charge is 2.35. The Morgan fingerprint density at radius 1 is 1.40 bits per heavy atom. The van der Waals surface area contributed by atoms with Crippen molar-refractivity contribution < 1.29 is 19.5 Å². The molecule has 1 aliphatic heterocycles. The van der Waals surface area contributed by atoms with E-state index in [4.69, 9.17) is 5.11 Å². The van der Waals surface area contributed by atoms with E-state index >= 15 is 0 Å². The average Bonchev–Trinajstić information content (AvgIpc) is 2.54. The van der Waals surface area contributed by atoms with Crippen molar-refractivity contribution in [1.29, 1.82) is 0 Å². The zero-order chi connectivity index (χ0) is 15.5. The van der Waals surface area contributed by atoms with E-state index in [1.54, 1.807) is 0 Å². The number of aliphatic hydroxyl groups excluding tert-OH is 1. The number of carbonyl (C=O) groups excluding carboxylic acids is 3. The second-order valence-electron chi connectivity index (χ2n) is 6.12. The first-order chi connectivity index (χ1) is 9.16. The summed E-state index contributed by atoms with van der Waals surface area (Å²) in [7, 11) is 1.52. The third kappa shape index (κ3) is 3.93. The van der Waals surface area contributed by atoms with E-state index < -0.39 is 11.9 Å². The number of amides is 4. The summed E-state index contributed by atoms with van der Waals surface area (Å²) in [6.45, 7) is 5.55. The first-order valence-electron chi connectivity index (χ1n) is 6.62. The molecule has 1 heterocycles. The van der Waals surface area contributed by atoms with Crippen LogP contribution in [0.5, 0.6) is 0 Å². The first-order valence-corrected chi connectivity index (χ1v) is 6.62. The molecule has 7 nitrogen and oxygen atoms in total. The topological polar surface area (TPSA) is 90.0 Å². The molecular formula is C13H23N3O4. The summed E-state index contributed by atoms with van der Waals surface area (Å²) in [6, 6.07) is -0.676. The van der Waals surface area contributed by atoms with Crippen LogP contribution in [-0.2, 0) is 9.59 Å². The SMILES string of the molecule is CN1CC(=O)N(CC(=O)NC(CCO)C(C)(C)C)C1=O. The summed E-state index contributed by atoms with van der Waals surface area (Å²) >= 11 is 0. The minimum Gasteiger partial charge on any atom is -0.396 e. The van der Waals surface area contributed by atoms with Crippen molar-refractivity contribution in [2.75, 3.05) is 26.7 Å². The smallest absolute Gasteiger partial charge is 0.327 e. The van der Waals surface area contributed by atoms with Crippen molar-refractivity contribution in [2.45, 2.75) is 33.2 Å². The quantitative estimate of drug-likeness (QED) is 0.684.